The van der Waals surface area contributed by atoms with Crippen molar-refractivity contribution in [2.75, 3.05) is 43.1 Å². The van der Waals surface area contributed by atoms with Gasteiger partial charge in [0, 0.05) is 43.6 Å². The first-order valence-electron chi connectivity index (χ1n) is 8.18. The summed E-state index contributed by atoms with van der Waals surface area (Å²) in [5, 5.41) is 0. The van der Waals surface area contributed by atoms with E-state index >= 15 is 0 Å². The van der Waals surface area contributed by atoms with Crippen LogP contribution < -0.4 is 14.5 Å². The Hall–Kier alpha value is -2.35. The Morgan fingerprint density at radius 3 is 2.04 bits per heavy atom. The van der Waals surface area contributed by atoms with Gasteiger partial charge in [0.1, 0.15) is 5.75 Å². The van der Waals surface area contributed by atoms with Gasteiger partial charge in [-0.15, -0.1) is 0 Å². The van der Waals surface area contributed by atoms with E-state index in [0.29, 0.717) is 0 Å². The molecule has 0 unspecified atom stereocenters. The number of hydrogen-bond acceptors (Lipinski definition) is 5. The number of methoxy groups -OCH3 is 1. The number of anilines is 2. The van der Waals surface area contributed by atoms with Gasteiger partial charge in [0.25, 0.3) is 0 Å². The number of nitrogens with zero attached hydrogens (tertiary/aromatic N) is 2. The van der Waals surface area contributed by atoms with Gasteiger partial charge in [-0.3, -0.25) is 0 Å². The summed E-state index contributed by atoms with van der Waals surface area (Å²) < 4.78 is 53.4. The van der Waals surface area contributed by atoms with Gasteiger partial charge in [0.05, 0.1) is 12.0 Å². The lowest BCUT2D eigenvalue weighted by Crippen LogP contribution is -2.46. The molecule has 1 fully saturated rings. The van der Waals surface area contributed by atoms with E-state index in [1.807, 2.05) is 24.3 Å². The van der Waals surface area contributed by atoms with Crippen LogP contribution in [0.25, 0.3) is 0 Å². The summed E-state index contributed by atoms with van der Waals surface area (Å²) >= 11 is 0. The predicted molar refractivity (Wildman–Crippen MR) is 97.1 cm³/mol. The highest BCUT2D eigenvalue weighted by Crippen LogP contribution is 2.25. The fourth-order valence-corrected chi connectivity index (χ4v) is 3.70. The minimum Gasteiger partial charge on any atom is -0.497 e. The first kappa shape index (κ1) is 18.4. The SMILES string of the molecule is COc1cccc(N2CCN(c3ccc(S(=O)(=O)C(F)F)cc3)CC2)c1. The molecule has 2 aromatic rings. The summed E-state index contributed by atoms with van der Waals surface area (Å²) in [6.07, 6.45) is 0. The second kappa shape index (κ2) is 7.49. The third kappa shape index (κ3) is 3.75. The number of halogens is 2. The van der Waals surface area contributed by atoms with E-state index in [4.69, 9.17) is 4.74 Å². The molecule has 1 saturated heterocycles. The van der Waals surface area contributed by atoms with Gasteiger partial charge >= 0.3 is 5.76 Å². The average molecular weight is 382 g/mol. The van der Waals surface area contributed by atoms with Crippen molar-refractivity contribution >= 4 is 21.2 Å². The van der Waals surface area contributed by atoms with Crippen LogP contribution >= 0.6 is 0 Å². The first-order valence-corrected chi connectivity index (χ1v) is 9.72. The Morgan fingerprint density at radius 1 is 0.923 bits per heavy atom. The van der Waals surface area contributed by atoms with Crippen molar-refractivity contribution in [1.82, 2.24) is 0 Å². The number of sulfone groups is 1. The third-order valence-electron chi connectivity index (χ3n) is 4.46. The quantitative estimate of drug-likeness (QED) is 0.796. The highest BCUT2D eigenvalue weighted by molar-refractivity contribution is 7.91. The Morgan fingerprint density at radius 2 is 1.50 bits per heavy atom. The van der Waals surface area contributed by atoms with Crippen molar-refractivity contribution in [3.05, 3.63) is 48.5 Å². The lowest BCUT2D eigenvalue weighted by Gasteiger charge is -2.37. The van der Waals surface area contributed by atoms with Gasteiger partial charge in [-0.2, -0.15) is 8.78 Å². The number of hydrogen-bond donors (Lipinski definition) is 0. The zero-order valence-electron chi connectivity index (χ0n) is 14.3. The molecule has 0 bridgehead atoms. The first-order chi connectivity index (χ1) is 12.4. The second-order valence-electron chi connectivity index (χ2n) is 5.98. The largest absolute Gasteiger partial charge is 0.497 e. The molecule has 0 N–H and O–H groups in total. The van der Waals surface area contributed by atoms with Crippen molar-refractivity contribution < 1.29 is 21.9 Å². The van der Waals surface area contributed by atoms with E-state index in [0.717, 1.165) is 43.3 Å². The van der Waals surface area contributed by atoms with Crippen LogP contribution in [0.2, 0.25) is 0 Å². The summed E-state index contributed by atoms with van der Waals surface area (Å²) in [4.78, 5) is 4.00. The molecule has 3 rings (SSSR count). The van der Waals surface area contributed by atoms with Gasteiger partial charge in [-0.25, -0.2) is 8.42 Å². The third-order valence-corrected chi connectivity index (χ3v) is 5.86. The molecule has 2 aromatic carbocycles. The minimum absolute atomic E-state index is 0.355. The maximum Gasteiger partial charge on any atom is 0.341 e. The molecule has 0 saturated carbocycles. The van der Waals surface area contributed by atoms with Crippen LogP contribution in [0, 0.1) is 0 Å². The van der Waals surface area contributed by atoms with Crippen LogP contribution in [0.4, 0.5) is 20.2 Å². The number of ether oxygens (including phenoxy) is 1. The molecule has 1 heterocycles. The molecule has 0 spiro atoms. The monoisotopic (exact) mass is 382 g/mol. The van der Waals surface area contributed by atoms with E-state index in [2.05, 4.69) is 9.80 Å². The fourth-order valence-electron chi connectivity index (χ4n) is 2.98. The Balaban J connectivity index is 1.66. The topological polar surface area (TPSA) is 49.9 Å². The van der Waals surface area contributed by atoms with E-state index in [-0.39, 0.29) is 4.90 Å². The summed E-state index contributed by atoms with van der Waals surface area (Å²) in [5.74, 6) is -2.60. The van der Waals surface area contributed by atoms with Crippen LogP contribution in [-0.2, 0) is 9.84 Å². The summed E-state index contributed by atoms with van der Waals surface area (Å²) in [5.41, 5.74) is 1.91. The molecule has 26 heavy (non-hydrogen) atoms. The molecule has 140 valence electrons. The van der Waals surface area contributed by atoms with Crippen molar-refractivity contribution in [3.8, 4) is 5.75 Å². The van der Waals surface area contributed by atoms with Crippen LogP contribution in [-0.4, -0.2) is 47.5 Å². The number of piperazine rings is 1. The number of benzene rings is 2. The smallest absolute Gasteiger partial charge is 0.341 e. The normalized spacial score (nSPS) is 15.4. The van der Waals surface area contributed by atoms with Crippen LogP contribution in [0.15, 0.2) is 53.4 Å². The van der Waals surface area contributed by atoms with Crippen molar-refractivity contribution in [3.63, 3.8) is 0 Å². The van der Waals surface area contributed by atoms with Crippen molar-refractivity contribution in [2.45, 2.75) is 10.7 Å². The molecule has 8 heteroatoms. The molecule has 0 aromatic heterocycles. The zero-order chi connectivity index (χ0) is 18.7. The highest BCUT2D eigenvalue weighted by Gasteiger charge is 2.26. The van der Waals surface area contributed by atoms with Crippen LogP contribution in [0.3, 0.4) is 0 Å². The number of alkyl halides is 2. The number of rotatable bonds is 5. The van der Waals surface area contributed by atoms with E-state index in [1.54, 1.807) is 19.2 Å². The Kier molecular flexibility index (Phi) is 5.31. The van der Waals surface area contributed by atoms with E-state index in [9.17, 15) is 17.2 Å². The Bertz CT molecular complexity index is 849. The predicted octanol–water partition coefficient (Wildman–Crippen LogP) is 3.02. The second-order valence-corrected chi connectivity index (χ2v) is 7.89. The van der Waals surface area contributed by atoms with Crippen molar-refractivity contribution in [2.24, 2.45) is 0 Å². The molecule has 0 amide bonds. The van der Waals surface area contributed by atoms with Crippen LogP contribution in [0.5, 0.6) is 5.75 Å². The molecule has 0 radical (unpaired) electrons. The lowest BCUT2D eigenvalue weighted by molar-refractivity contribution is 0.234. The van der Waals surface area contributed by atoms with Crippen LogP contribution in [0.1, 0.15) is 0 Å². The molecular formula is C18H20F2N2O3S. The standard InChI is InChI=1S/C18H20F2N2O3S/c1-25-16-4-2-3-15(13-16)22-11-9-21(10-12-22)14-5-7-17(8-6-14)26(23,24)18(19)20/h2-8,13,18H,9-12H2,1H3. The summed E-state index contributed by atoms with van der Waals surface area (Å²) in [6, 6.07) is 13.5. The van der Waals surface area contributed by atoms with Gasteiger partial charge in [-0.05, 0) is 36.4 Å². The fraction of sp³-hybridized carbons (Fsp3) is 0.333. The summed E-state index contributed by atoms with van der Waals surface area (Å²) in [6.45, 7) is 3.09. The molecule has 5 nitrogen and oxygen atoms in total. The maximum absolute atomic E-state index is 12.6. The van der Waals surface area contributed by atoms with Gasteiger partial charge in [0.2, 0.25) is 9.84 Å². The average Bonchev–Trinajstić information content (AvgIpc) is 2.68. The molecule has 1 aliphatic heterocycles. The highest BCUT2D eigenvalue weighted by atomic mass is 32.2. The van der Waals surface area contributed by atoms with E-state index < -0.39 is 15.6 Å². The maximum atomic E-state index is 12.6. The minimum atomic E-state index is -4.55. The van der Waals surface area contributed by atoms with Gasteiger partial charge < -0.3 is 14.5 Å². The lowest BCUT2D eigenvalue weighted by atomic mass is 10.2. The zero-order valence-corrected chi connectivity index (χ0v) is 15.1. The van der Waals surface area contributed by atoms with Gasteiger partial charge in [-0.1, -0.05) is 6.07 Å². The molecule has 0 atom stereocenters. The molecule has 0 aliphatic carbocycles. The molecular weight excluding hydrogens is 362 g/mol. The molecule has 1 aliphatic rings. The Labute approximate surface area is 151 Å². The summed E-state index contributed by atoms with van der Waals surface area (Å²) in [7, 11) is -2.91. The van der Waals surface area contributed by atoms with E-state index in [1.165, 1.54) is 12.1 Å². The van der Waals surface area contributed by atoms with Crippen molar-refractivity contribution in [1.29, 1.82) is 0 Å². The van der Waals surface area contributed by atoms with Gasteiger partial charge in [0.15, 0.2) is 0 Å².